The van der Waals surface area contributed by atoms with Gasteiger partial charge in [0.2, 0.25) is 0 Å². The highest BCUT2D eigenvalue weighted by atomic mass is 15.1. The summed E-state index contributed by atoms with van der Waals surface area (Å²) in [5.41, 5.74) is 2.76. The zero-order chi connectivity index (χ0) is 15.6. The number of benzene rings is 2. The van der Waals surface area contributed by atoms with Crippen LogP contribution in [0.1, 0.15) is 17.2 Å². The van der Waals surface area contributed by atoms with Crippen molar-refractivity contribution in [1.82, 2.24) is 14.8 Å². The average molecular weight is 305 g/mol. The van der Waals surface area contributed by atoms with Crippen molar-refractivity contribution in [3.05, 3.63) is 72.1 Å². The first-order valence-corrected chi connectivity index (χ1v) is 8.31. The number of nitrogens with one attached hydrogen (secondary N) is 1. The Balaban J connectivity index is 1.42. The second-order valence-electron chi connectivity index (χ2n) is 6.63. The van der Waals surface area contributed by atoms with Gasteiger partial charge in [0, 0.05) is 38.6 Å². The number of aromatic nitrogens is 1. The van der Waals surface area contributed by atoms with E-state index >= 15 is 0 Å². The van der Waals surface area contributed by atoms with Gasteiger partial charge < -0.3 is 9.88 Å². The zero-order valence-electron chi connectivity index (χ0n) is 13.6. The Morgan fingerprint density at radius 3 is 2.57 bits per heavy atom. The van der Waals surface area contributed by atoms with Gasteiger partial charge in [0.25, 0.3) is 0 Å². The highest BCUT2D eigenvalue weighted by Crippen LogP contribution is 2.18. The van der Waals surface area contributed by atoms with Gasteiger partial charge in [-0.15, -0.1) is 0 Å². The smallest absolute Gasteiger partial charge is 0.0579 e. The largest absolute Gasteiger partial charge is 0.348 e. The summed E-state index contributed by atoms with van der Waals surface area (Å²) in [6.45, 7) is 4.16. The summed E-state index contributed by atoms with van der Waals surface area (Å²) in [5.74, 6) is 0. The molecule has 23 heavy (non-hydrogen) atoms. The maximum Gasteiger partial charge on any atom is 0.0579 e. The summed E-state index contributed by atoms with van der Waals surface area (Å²) in [4.78, 5) is 2.38. The number of hydrogen-bond acceptors (Lipinski definition) is 2. The molecule has 3 aromatic rings. The van der Waals surface area contributed by atoms with Crippen molar-refractivity contribution in [2.75, 3.05) is 20.1 Å². The molecule has 0 unspecified atom stereocenters. The Bertz CT molecular complexity index is 801. The monoisotopic (exact) mass is 305 g/mol. The van der Waals surface area contributed by atoms with Crippen molar-refractivity contribution in [1.29, 1.82) is 0 Å². The van der Waals surface area contributed by atoms with Gasteiger partial charge in [0.15, 0.2) is 0 Å². The molecular weight excluding hydrogens is 282 g/mol. The summed E-state index contributed by atoms with van der Waals surface area (Å²) in [6, 6.07) is 18.2. The number of fused-ring (bicyclic) bond motifs is 1. The minimum atomic E-state index is 0.648. The Morgan fingerprint density at radius 1 is 1.00 bits per heavy atom. The van der Waals surface area contributed by atoms with E-state index in [2.05, 4.69) is 82.8 Å². The van der Waals surface area contributed by atoms with E-state index in [0.29, 0.717) is 6.04 Å². The summed E-state index contributed by atoms with van der Waals surface area (Å²) >= 11 is 0. The normalized spacial score (nSPS) is 15.2. The van der Waals surface area contributed by atoms with E-state index in [1.54, 1.807) is 0 Å². The highest BCUT2D eigenvalue weighted by Gasteiger charge is 2.18. The minimum absolute atomic E-state index is 0.648. The van der Waals surface area contributed by atoms with Crippen LogP contribution in [0, 0.1) is 0 Å². The standard InChI is InChI=1S/C20H23N3/c1-22(14-17-8-9-23(15-17)20-11-21-12-20)13-16-6-7-18-4-2-3-5-19(18)10-16/h2-10,15,20-21H,11-14H2,1H3. The maximum absolute atomic E-state index is 3.33. The van der Waals surface area contributed by atoms with Crippen molar-refractivity contribution in [3.8, 4) is 0 Å². The third-order valence-corrected chi connectivity index (χ3v) is 4.68. The molecule has 0 saturated carbocycles. The van der Waals surface area contributed by atoms with Crippen LogP contribution in [0.4, 0.5) is 0 Å². The topological polar surface area (TPSA) is 20.2 Å². The second kappa shape index (κ2) is 6.19. The molecule has 1 aliphatic rings. The van der Waals surface area contributed by atoms with E-state index in [4.69, 9.17) is 0 Å². The lowest BCUT2D eigenvalue weighted by Crippen LogP contribution is -2.42. The predicted molar refractivity (Wildman–Crippen MR) is 95.5 cm³/mol. The quantitative estimate of drug-likeness (QED) is 0.779. The SMILES string of the molecule is CN(Cc1ccc2ccccc2c1)Cc1ccn(C2CNC2)c1. The molecule has 1 fully saturated rings. The van der Waals surface area contributed by atoms with Crippen LogP contribution in [0.5, 0.6) is 0 Å². The van der Waals surface area contributed by atoms with E-state index in [9.17, 15) is 0 Å². The minimum Gasteiger partial charge on any atom is -0.348 e. The van der Waals surface area contributed by atoms with E-state index < -0.39 is 0 Å². The van der Waals surface area contributed by atoms with Gasteiger partial charge in [-0.1, -0.05) is 36.4 Å². The van der Waals surface area contributed by atoms with Crippen molar-refractivity contribution in [2.45, 2.75) is 19.1 Å². The van der Waals surface area contributed by atoms with Crippen LogP contribution in [0.15, 0.2) is 60.9 Å². The van der Waals surface area contributed by atoms with Gasteiger partial charge in [-0.2, -0.15) is 0 Å². The van der Waals surface area contributed by atoms with E-state index in [0.717, 1.165) is 26.2 Å². The Labute approximate surface area is 137 Å². The number of rotatable bonds is 5. The van der Waals surface area contributed by atoms with Crippen LogP contribution < -0.4 is 5.32 Å². The predicted octanol–water partition coefficient (Wildman–Crippen LogP) is 3.42. The molecule has 3 heteroatoms. The molecule has 118 valence electrons. The van der Waals surface area contributed by atoms with Crippen molar-refractivity contribution in [3.63, 3.8) is 0 Å². The number of hydrogen-bond donors (Lipinski definition) is 1. The molecule has 1 aromatic heterocycles. The van der Waals surface area contributed by atoms with Crippen molar-refractivity contribution in [2.24, 2.45) is 0 Å². The summed E-state index contributed by atoms with van der Waals surface area (Å²) in [7, 11) is 2.19. The lowest BCUT2D eigenvalue weighted by Gasteiger charge is -2.28. The fraction of sp³-hybridized carbons (Fsp3) is 0.300. The van der Waals surface area contributed by atoms with Gasteiger partial charge in [-0.3, -0.25) is 4.90 Å². The average Bonchev–Trinajstić information content (AvgIpc) is 2.93. The molecule has 3 nitrogen and oxygen atoms in total. The Morgan fingerprint density at radius 2 is 1.78 bits per heavy atom. The molecule has 2 aromatic carbocycles. The highest BCUT2D eigenvalue weighted by molar-refractivity contribution is 5.82. The molecule has 0 radical (unpaired) electrons. The lowest BCUT2D eigenvalue weighted by molar-refractivity contribution is 0.316. The molecule has 0 bridgehead atoms. The van der Waals surface area contributed by atoms with E-state index in [1.165, 1.54) is 21.9 Å². The summed E-state index contributed by atoms with van der Waals surface area (Å²) in [6.07, 6.45) is 4.51. The summed E-state index contributed by atoms with van der Waals surface area (Å²) in [5, 5.41) is 5.96. The van der Waals surface area contributed by atoms with Crippen LogP contribution in [0.2, 0.25) is 0 Å². The molecule has 0 spiro atoms. The molecule has 1 saturated heterocycles. The first kappa shape index (κ1) is 14.5. The van der Waals surface area contributed by atoms with Crippen molar-refractivity contribution >= 4 is 10.8 Å². The van der Waals surface area contributed by atoms with E-state index in [-0.39, 0.29) is 0 Å². The molecule has 0 aliphatic carbocycles. The van der Waals surface area contributed by atoms with Crippen molar-refractivity contribution < 1.29 is 0 Å². The Kier molecular flexibility index (Phi) is 3.90. The maximum atomic E-state index is 3.33. The molecule has 0 amide bonds. The third kappa shape index (κ3) is 3.16. The first-order valence-electron chi connectivity index (χ1n) is 8.31. The number of nitrogens with zero attached hydrogens (tertiary/aromatic N) is 2. The van der Waals surface area contributed by atoms with Gasteiger partial charge in [-0.25, -0.2) is 0 Å². The van der Waals surface area contributed by atoms with Gasteiger partial charge in [0.05, 0.1) is 6.04 Å². The molecule has 1 aliphatic heterocycles. The fourth-order valence-corrected chi connectivity index (χ4v) is 3.28. The fourth-order valence-electron chi connectivity index (χ4n) is 3.28. The molecule has 1 N–H and O–H groups in total. The van der Waals surface area contributed by atoms with Gasteiger partial charge in [0.1, 0.15) is 0 Å². The summed E-state index contributed by atoms with van der Waals surface area (Å²) < 4.78 is 2.34. The molecular formula is C20H23N3. The van der Waals surface area contributed by atoms with Crippen LogP contribution in [-0.4, -0.2) is 29.6 Å². The zero-order valence-corrected chi connectivity index (χ0v) is 13.6. The molecule has 0 atom stereocenters. The second-order valence-corrected chi connectivity index (χ2v) is 6.63. The first-order chi connectivity index (χ1) is 11.3. The van der Waals surface area contributed by atoms with Crippen LogP contribution in [0.3, 0.4) is 0 Å². The van der Waals surface area contributed by atoms with Crippen LogP contribution >= 0.6 is 0 Å². The van der Waals surface area contributed by atoms with Gasteiger partial charge >= 0.3 is 0 Å². The van der Waals surface area contributed by atoms with Gasteiger partial charge in [-0.05, 0) is 41.1 Å². The third-order valence-electron chi connectivity index (χ3n) is 4.68. The lowest BCUT2D eigenvalue weighted by atomic mass is 10.1. The molecule has 4 rings (SSSR count). The Hall–Kier alpha value is -2.10. The van der Waals surface area contributed by atoms with Crippen LogP contribution in [-0.2, 0) is 13.1 Å². The molecule has 2 heterocycles. The van der Waals surface area contributed by atoms with Crippen LogP contribution in [0.25, 0.3) is 10.8 Å². The van der Waals surface area contributed by atoms with E-state index in [1.807, 2.05) is 0 Å².